The topological polar surface area (TPSA) is 220 Å². The molecule has 0 radical (unpaired) electrons. The SMILES string of the molecule is NCCCCC(N)C(=O)NCC(=O)NC(CC(N)=O)C(=O)NC(Cc1ccccc1)C(=O)O. The lowest BCUT2D eigenvalue weighted by Crippen LogP contribution is -2.55. The van der Waals surface area contributed by atoms with Crippen LogP contribution in [0.3, 0.4) is 0 Å². The Labute approximate surface area is 191 Å². The third-order valence-corrected chi connectivity index (χ3v) is 4.68. The number of primary amides is 1. The summed E-state index contributed by atoms with van der Waals surface area (Å²) in [5.74, 6) is -4.38. The second kappa shape index (κ2) is 14.5. The lowest BCUT2D eigenvalue weighted by molar-refractivity contribution is -0.142. The highest BCUT2D eigenvalue weighted by Gasteiger charge is 2.28. The number of nitrogens with one attached hydrogen (secondary N) is 3. The first-order valence-corrected chi connectivity index (χ1v) is 10.5. The molecule has 3 atom stereocenters. The number of rotatable bonds is 15. The van der Waals surface area contributed by atoms with Crippen LogP contribution in [0, 0.1) is 0 Å². The molecule has 1 aromatic rings. The number of hydrogen-bond donors (Lipinski definition) is 7. The Morgan fingerprint density at radius 3 is 2.18 bits per heavy atom. The summed E-state index contributed by atoms with van der Waals surface area (Å²) in [5.41, 5.74) is 17.0. The fourth-order valence-corrected chi connectivity index (χ4v) is 2.92. The van der Waals surface area contributed by atoms with E-state index in [-0.39, 0.29) is 6.42 Å². The Hall–Kier alpha value is -3.51. The zero-order valence-electron chi connectivity index (χ0n) is 18.3. The minimum Gasteiger partial charge on any atom is -0.480 e. The Morgan fingerprint density at radius 2 is 1.61 bits per heavy atom. The summed E-state index contributed by atoms with van der Waals surface area (Å²) in [5, 5.41) is 16.4. The molecule has 0 heterocycles. The molecule has 1 aromatic carbocycles. The number of carbonyl (C=O) groups excluding carboxylic acids is 4. The largest absolute Gasteiger partial charge is 0.480 e. The number of carbonyl (C=O) groups is 5. The van der Waals surface area contributed by atoms with Gasteiger partial charge in [0.15, 0.2) is 0 Å². The monoisotopic (exact) mass is 464 g/mol. The highest BCUT2D eigenvalue weighted by Crippen LogP contribution is 2.05. The highest BCUT2D eigenvalue weighted by molar-refractivity contribution is 5.95. The molecule has 33 heavy (non-hydrogen) atoms. The number of unbranched alkanes of at least 4 members (excludes halogenated alkanes) is 1. The summed E-state index contributed by atoms with van der Waals surface area (Å²) in [6, 6.07) is 5.10. The van der Waals surface area contributed by atoms with Gasteiger partial charge in [0.05, 0.1) is 19.0 Å². The van der Waals surface area contributed by atoms with Gasteiger partial charge in [0.1, 0.15) is 12.1 Å². The lowest BCUT2D eigenvalue weighted by atomic mass is 10.1. The lowest BCUT2D eigenvalue weighted by Gasteiger charge is -2.21. The van der Waals surface area contributed by atoms with Gasteiger partial charge in [-0.25, -0.2) is 4.79 Å². The molecule has 4 amide bonds. The molecule has 0 fully saturated rings. The van der Waals surface area contributed by atoms with E-state index in [2.05, 4.69) is 16.0 Å². The van der Waals surface area contributed by atoms with Gasteiger partial charge in [0.2, 0.25) is 23.6 Å². The molecule has 182 valence electrons. The first-order valence-electron chi connectivity index (χ1n) is 10.5. The van der Waals surface area contributed by atoms with Gasteiger partial charge in [-0.3, -0.25) is 19.2 Å². The molecular weight excluding hydrogens is 432 g/mol. The Bertz CT molecular complexity index is 819. The van der Waals surface area contributed by atoms with E-state index in [1.165, 1.54) is 0 Å². The summed E-state index contributed by atoms with van der Waals surface area (Å²) in [6.45, 7) is -0.00746. The molecule has 0 aliphatic rings. The fraction of sp³-hybridized carbons (Fsp3) is 0.476. The number of hydrogen-bond acceptors (Lipinski definition) is 7. The second-order valence-electron chi connectivity index (χ2n) is 7.49. The van der Waals surface area contributed by atoms with Gasteiger partial charge in [-0.15, -0.1) is 0 Å². The van der Waals surface area contributed by atoms with Gasteiger partial charge < -0.3 is 38.3 Å². The molecule has 0 aromatic heterocycles. The van der Waals surface area contributed by atoms with Gasteiger partial charge in [-0.1, -0.05) is 36.8 Å². The van der Waals surface area contributed by atoms with Crippen LogP contribution in [0.4, 0.5) is 0 Å². The average molecular weight is 465 g/mol. The van der Waals surface area contributed by atoms with E-state index in [9.17, 15) is 29.1 Å². The van der Waals surface area contributed by atoms with E-state index < -0.39 is 60.7 Å². The number of carboxylic acid groups (broad SMARTS) is 1. The van der Waals surface area contributed by atoms with Crippen molar-refractivity contribution in [1.29, 1.82) is 0 Å². The second-order valence-corrected chi connectivity index (χ2v) is 7.49. The first kappa shape index (κ1) is 27.5. The number of carboxylic acids is 1. The van der Waals surface area contributed by atoms with Gasteiger partial charge in [-0.2, -0.15) is 0 Å². The van der Waals surface area contributed by atoms with Crippen molar-refractivity contribution in [2.45, 2.75) is 50.2 Å². The number of nitrogens with two attached hydrogens (primary N) is 3. The van der Waals surface area contributed by atoms with Crippen molar-refractivity contribution in [2.75, 3.05) is 13.1 Å². The van der Waals surface area contributed by atoms with Crippen LogP contribution in [0.2, 0.25) is 0 Å². The van der Waals surface area contributed by atoms with Crippen LogP contribution in [0.25, 0.3) is 0 Å². The van der Waals surface area contributed by atoms with Crippen LogP contribution < -0.4 is 33.2 Å². The third kappa shape index (κ3) is 11.1. The maximum atomic E-state index is 12.6. The molecule has 0 bridgehead atoms. The van der Waals surface area contributed by atoms with Crippen molar-refractivity contribution in [1.82, 2.24) is 16.0 Å². The Kier molecular flexibility index (Phi) is 12.1. The maximum Gasteiger partial charge on any atom is 0.326 e. The number of benzene rings is 1. The zero-order chi connectivity index (χ0) is 24.8. The summed E-state index contributed by atoms with van der Waals surface area (Å²) < 4.78 is 0. The van der Waals surface area contributed by atoms with Crippen LogP contribution in [0.5, 0.6) is 0 Å². The number of aliphatic carboxylic acids is 1. The predicted molar refractivity (Wildman–Crippen MR) is 119 cm³/mol. The highest BCUT2D eigenvalue weighted by atomic mass is 16.4. The van der Waals surface area contributed by atoms with Crippen LogP contribution in [-0.2, 0) is 30.4 Å². The molecule has 0 spiro atoms. The van der Waals surface area contributed by atoms with E-state index in [0.717, 1.165) is 0 Å². The quantitative estimate of drug-likeness (QED) is 0.140. The van der Waals surface area contributed by atoms with Crippen molar-refractivity contribution in [3.63, 3.8) is 0 Å². The summed E-state index contributed by atoms with van der Waals surface area (Å²) in [6.07, 6.45) is 1.22. The van der Waals surface area contributed by atoms with E-state index in [4.69, 9.17) is 17.2 Å². The molecule has 1 rings (SSSR count). The summed E-state index contributed by atoms with van der Waals surface area (Å²) in [7, 11) is 0. The molecule has 3 unspecified atom stereocenters. The normalized spacial score (nSPS) is 13.3. The summed E-state index contributed by atoms with van der Waals surface area (Å²) in [4.78, 5) is 59.7. The molecule has 10 N–H and O–H groups in total. The minimum absolute atomic E-state index is 0.00272. The van der Waals surface area contributed by atoms with Crippen molar-refractivity contribution >= 4 is 29.6 Å². The van der Waals surface area contributed by atoms with Crippen molar-refractivity contribution in [3.8, 4) is 0 Å². The molecule has 0 saturated heterocycles. The molecule has 0 saturated carbocycles. The van der Waals surface area contributed by atoms with Gasteiger partial charge >= 0.3 is 5.97 Å². The zero-order valence-corrected chi connectivity index (χ0v) is 18.3. The van der Waals surface area contributed by atoms with Crippen molar-refractivity contribution < 1.29 is 29.1 Å². The average Bonchev–Trinajstić information content (AvgIpc) is 2.76. The summed E-state index contributed by atoms with van der Waals surface area (Å²) >= 11 is 0. The van der Waals surface area contributed by atoms with Crippen LogP contribution in [0.1, 0.15) is 31.2 Å². The predicted octanol–water partition coefficient (Wildman–Crippen LogP) is -2.27. The maximum absolute atomic E-state index is 12.6. The van der Waals surface area contributed by atoms with E-state index in [0.29, 0.717) is 31.4 Å². The van der Waals surface area contributed by atoms with E-state index >= 15 is 0 Å². The molecule has 12 nitrogen and oxygen atoms in total. The Morgan fingerprint density at radius 1 is 0.939 bits per heavy atom. The van der Waals surface area contributed by atoms with Crippen LogP contribution >= 0.6 is 0 Å². The van der Waals surface area contributed by atoms with Gasteiger partial charge in [0, 0.05) is 6.42 Å². The fourth-order valence-electron chi connectivity index (χ4n) is 2.92. The first-order chi connectivity index (χ1) is 15.6. The molecule has 12 heteroatoms. The Balaban J connectivity index is 2.68. The van der Waals surface area contributed by atoms with Crippen LogP contribution in [-0.4, -0.2) is 65.9 Å². The van der Waals surface area contributed by atoms with E-state index in [1.54, 1.807) is 30.3 Å². The van der Waals surface area contributed by atoms with E-state index in [1.807, 2.05) is 0 Å². The number of amides is 4. The van der Waals surface area contributed by atoms with Crippen molar-refractivity contribution in [3.05, 3.63) is 35.9 Å². The van der Waals surface area contributed by atoms with Gasteiger partial charge in [-0.05, 0) is 24.9 Å². The van der Waals surface area contributed by atoms with Crippen molar-refractivity contribution in [2.24, 2.45) is 17.2 Å². The third-order valence-electron chi connectivity index (χ3n) is 4.68. The minimum atomic E-state index is -1.41. The molecular formula is C21H32N6O6. The van der Waals surface area contributed by atoms with Gasteiger partial charge in [0.25, 0.3) is 0 Å². The molecule has 0 aliphatic heterocycles. The standard InChI is InChI=1S/C21H32N6O6/c22-9-5-4-8-14(23)19(30)25-12-18(29)26-15(11-17(24)28)20(31)27-16(21(32)33)10-13-6-2-1-3-7-13/h1-3,6-7,14-16H,4-5,8-12,22-23H2,(H2,24,28)(H,25,30)(H,26,29)(H,27,31)(H,32,33). The smallest absolute Gasteiger partial charge is 0.326 e. The molecule has 0 aliphatic carbocycles. The van der Waals surface area contributed by atoms with Crippen LogP contribution in [0.15, 0.2) is 30.3 Å².